The number of hydrogen-bond acceptors (Lipinski definition) is 4. The van der Waals surface area contributed by atoms with Crippen molar-refractivity contribution in [3.63, 3.8) is 0 Å². The number of anilines is 1. The van der Waals surface area contributed by atoms with E-state index in [4.69, 9.17) is 5.73 Å². The summed E-state index contributed by atoms with van der Waals surface area (Å²) in [5.74, 6) is -0.342. The van der Waals surface area contributed by atoms with Crippen molar-refractivity contribution in [3.05, 3.63) is 11.1 Å². The molecule has 12 heavy (non-hydrogen) atoms. The fraction of sp³-hybridized carbons (Fsp3) is 0.429. The molecule has 1 rings (SSSR count). The van der Waals surface area contributed by atoms with E-state index in [1.165, 1.54) is 11.3 Å². The topological polar surface area (TPSA) is 59.2 Å². The number of rotatable bonds is 3. The van der Waals surface area contributed by atoms with E-state index < -0.39 is 0 Å². The molecule has 0 aliphatic rings. The lowest BCUT2D eigenvalue weighted by atomic mass is 10.3. The third-order valence-electron chi connectivity index (χ3n) is 1.28. The monoisotopic (exact) mass is 185 g/mol. The lowest BCUT2D eigenvalue weighted by molar-refractivity contribution is -0.117. The molecule has 0 aliphatic carbocycles. The smallest absolute Gasteiger partial charge is 0.223 e. The number of thiazole rings is 1. The van der Waals surface area contributed by atoms with E-state index in [-0.39, 0.29) is 12.3 Å². The van der Waals surface area contributed by atoms with Crippen LogP contribution in [0.1, 0.15) is 5.69 Å². The van der Waals surface area contributed by atoms with Gasteiger partial charge in [0.15, 0.2) is 5.13 Å². The van der Waals surface area contributed by atoms with Gasteiger partial charge in [0.25, 0.3) is 0 Å². The Hall–Kier alpha value is -1.10. The number of nitrogens with two attached hydrogens (primary N) is 1. The minimum atomic E-state index is -0.342. The molecule has 0 spiro atoms. The van der Waals surface area contributed by atoms with Gasteiger partial charge in [-0.25, -0.2) is 4.98 Å². The summed E-state index contributed by atoms with van der Waals surface area (Å²) in [7, 11) is 3.82. The molecular formula is C7H11N3OS. The molecule has 0 aliphatic heterocycles. The van der Waals surface area contributed by atoms with Crippen molar-refractivity contribution in [1.29, 1.82) is 0 Å². The molecule has 0 bridgehead atoms. The SMILES string of the molecule is CN(C)c1nc(CC(N)=O)cs1. The second kappa shape index (κ2) is 3.53. The van der Waals surface area contributed by atoms with E-state index in [0.717, 1.165) is 10.8 Å². The molecule has 4 nitrogen and oxygen atoms in total. The van der Waals surface area contributed by atoms with Crippen LogP contribution in [0.15, 0.2) is 5.38 Å². The first-order valence-corrected chi connectivity index (χ1v) is 4.37. The van der Waals surface area contributed by atoms with Crippen LogP contribution in [0.3, 0.4) is 0 Å². The maximum absolute atomic E-state index is 10.5. The van der Waals surface area contributed by atoms with Crippen LogP contribution in [-0.4, -0.2) is 25.0 Å². The summed E-state index contributed by atoms with van der Waals surface area (Å²) in [5.41, 5.74) is 5.77. The molecule has 5 heteroatoms. The highest BCUT2D eigenvalue weighted by molar-refractivity contribution is 7.13. The van der Waals surface area contributed by atoms with Crippen molar-refractivity contribution in [3.8, 4) is 0 Å². The van der Waals surface area contributed by atoms with Gasteiger partial charge in [-0.15, -0.1) is 11.3 Å². The van der Waals surface area contributed by atoms with Gasteiger partial charge in [-0.1, -0.05) is 0 Å². The van der Waals surface area contributed by atoms with Crippen LogP contribution in [0.2, 0.25) is 0 Å². The lowest BCUT2D eigenvalue weighted by Gasteiger charge is -2.05. The molecule has 1 aromatic rings. The van der Waals surface area contributed by atoms with E-state index in [1.54, 1.807) is 0 Å². The van der Waals surface area contributed by atoms with Gasteiger partial charge >= 0.3 is 0 Å². The third kappa shape index (κ3) is 2.20. The average molecular weight is 185 g/mol. The molecule has 2 N–H and O–H groups in total. The summed E-state index contributed by atoms with van der Waals surface area (Å²) in [5, 5.41) is 2.74. The second-order valence-corrected chi connectivity index (χ2v) is 3.50. The van der Waals surface area contributed by atoms with Gasteiger partial charge in [0.2, 0.25) is 5.91 Å². The van der Waals surface area contributed by atoms with E-state index in [2.05, 4.69) is 4.98 Å². The van der Waals surface area contributed by atoms with Crippen molar-refractivity contribution >= 4 is 22.4 Å². The van der Waals surface area contributed by atoms with Crippen molar-refractivity contribution in [2.75, 3.05) is 19.0 Å². The van der Waals surface area contributed by atoms with Crippen molar-refractivity contribution in [2.45, 2.75) is 6.42 Å². The zero-order valence-corrected chi connectivity index (χ0v) is 7.89. The van der Waals surface area contributed by atoms with Crippen molar-refractivity contribution in [2.24, 2.45) is 5.73 Å². The Bertz CT molecular complexity index is 282. The number of carbonyl (C=O) groups excluding carboxylic acids is 1. The van der Waals surface area contributed by atoms with Gasteiger partial charge in [0, 0.05) is 19.5 Å². The van der Waals surface area contributed by atoms with Crippen LogP contribution in [0.4, 0.5) is 5.13 Å². The standard InChI is InChI=1S/C7H11N3OS/c1-10(2)7-9-5(4-12-7)3-6(8)11/h4H,3H2,1-2H3,(H2,8,11). The van der Waals surface area contributed by atoms with Gasteiger partial charge in [-0.2, -0.15) is 0 Å². The van der Waals surface area contributed by atoms with E-state index in [1.807, 2.05) is 24.4 Å². The molecule has 1 amide bonds. The van der Waals surface area contributed by atoms with Crippen molar-refractivity contribution < 1.29 is 4.79 Å². The minimum absolute atomic E-state index is 0.227. The van der Waals surface area contributed by atoms with Gasteiger partial charge in [0.1, 0.15) is 0 Å². The maximum atomic E-state index is 10.5. The summed E-state index contributed by atoms with van der Waals surface area (Å²) in [6.07, 6.45) is 0.227. The Balaban J connectivity index is 2.70. The zero-order valence-electron chi connectivity index (χ0n) is 7.07. The number of primary amides is 1. The molecule has 0 radical (unpaired) electrons. The fourth-order valence-electron chi connectivity index (χ4n) is 0.761. The predicted molar refractivity (Wildman–Crippen MR) is 49.3 cm³/mol. The normalized spacial score (nSPS) is 9.83. The first-order valence-electron chi connectivity index (χ1n) is 3.49. The Morgan fingerprint density at radius 2 is 2.42 bits per heavy atom. The predicted octanol–water partition coefficient (Wildman–Crippen LogP) is 0.237. The highest BCUT2D eigenvalue weighted by Crippen LogP contribution is 2.17. The number of nitrogens with zero attached hydrogens (tertiary/aromatic N) is 2. The molecule has 1 heterocycles. The third-order valence-corrected chi connectivity index (χ3v) is 2.33. The largest absolute Gasteiger partial charge is 0.369 e. The zero-order chi connectivity index (χ0) is 9.14. The Kier molecular flexibility index (Phi) is 2.65. The summed E-state index contributed by atoms with van der Waals surface area (Å²) in [6, 6.07) is 0. The van der Waals surface area contributed by atoms with Gasteiger partial charge < -0.3 is 10.6 Å². The average Bonchev–Trinajstić information content (AvgIpc) is 2.34. The first-order chi connectivity index (χ1) is 5.59. The molecule has 0 atom stereocenters. The number of carbonyl (C=O) groups is 1. The van der Waals surface area contributed by atoms with Crippen LogP contribution in [0.5, 0.6) is 0 Å². The number of aromatic nitrogens is 1. The van der Waals surface area contributed by atoms with Crippen LogP contribution >= 0.6 is 11.3 Å². The van der Waals surface area contributed by atoms with Crippen LogP contribution in [0, 0.1) is 0 Å². The highest BCUT2D eigenvalue weighted by atomic mass is 32.1. The second-order valence-electron chi connectivity index (χ2n) is 2.66. The molecule has 66 valence electrons. The maximum Gasteiger partial charge on any atom is 0.223 e. The molecule has 0 fully saturated rings. The molecule has 0 unspecified atom stereocenters. The number of amides is 1. The molecule has 0 saturated heterocycles. The van der Waals surface area contributed by atoms with Crippen LogP contribution in [-0.2, 0) is 11.2 Å². The lowest BCUT2D eigenvalue weighted by Crippen LogP contribution is -2.14. The highest BCUT2D eigenvalue weighted by Gasteiger charge is 2.05. The van der Waals surface area contributed by atoms with Gasteiger partial charge in [0.05, 0.1) is 12.1 Å². The summed E-state index contributed by atoms with van der Waals surface area (Å²) in [6.45, 7) is 0. The Morgan fingerprint density at radius 1 is 1.75 bits per heavy atom. The molecular weight excluding hydrogens is 174 g/mol. The summed E-state index contributed by atoms with van der Waals surface area (Å²) in [4.78, 5) is 16.6. The van der Waals surface area contributed by atoms with Gasteiger partial charge in [-0.3, -0.25) is 4.79 Å². The molecule has 1 aromatic heterocycles. The summed E-state index contributed by atoms with van der Waals surface area (Å²) < 4.78 is 0. The van der Waals surface area contributed by atoms with Crippen molar-refractivity contribution in [1.82, 2.24) is 4.98 Å². The van der Waals surface area contributed by atoms with E-state index in [9.17, 15) is 4.79 Å². The first kappa shape index (κ1) is 8.99. The van der Waals surface area contributed by atoms with Crippen LogP contribution in [0.25, 0.3) is 0 Å². The Labute approximate surface area is 75.0 Å². The summed E-state index contributed by atoms with van der Waals surface area (Å²) >= 11 is 1.51. The fourth-order valence-corrected chi connectivity index (χ4v) is 1.52. The minimum Gasteiger partial charge on any atom is -0.369 e. The van der Waals surface area contributed by atoms with Gasteiger partial charge in [-0.05, 0) is 0 Å². The van der Waals surface area contributed by atoms with E-state index >= 15 is 0 Å². The van der Waals surface area contributed by atoms with E-state index in [0.29, 0.717) is 0 Å². The van der Waals surface area contributed by atoms with Crippen LogP contribution < -0.4 is 10.6 Å². The quantitative estimate of drug-likeness (QED) is 0.733. The number of hydrogen-bond donors (Lipinski definition) is 1. The molecule has 0 aromatic carbocycles. The Morgan fingerprint density at radius 3 is 2.83 bits per heavy atom. The molecule has 0 saturated carbocycles.